The Balaban J connectivity index is 1.26. The van der Waals surface area contributed by atoms with Crippen molar-refractivity contribution in [2.24, 2.45) is 0 Å². The van der Waals surface area contributed by atoms with Gasteiger partial charge in [0.1, 0.15) is 0 Å². The van der Waals surface area contributed by atoms with Crippen LogP contribution in [0.25, 0.3) is 44.5 Å². The fourth-order valence-corrected chi connectivity index (χ4v) is 8.51. The lowest BCUT2D eigenvalue weighted by Gasteiger charge is -2.27. The quantitative estimate of drug-likeness (QED) is 0.183. The van der Waals surface area contributed by atoms with Gasteiger partial charge in [-0.3, -0.25) is 0 Å². The first-order valence-electron chi connectivity index (χ1n) is 17.4. The average Bonchev–Trinajstić information content (AvgIpc) is 3.52. The molecule has 0 spiro atoms. The van der Waals surface area contributed by atoms with E-state index >= 15 is 0 Å². The lowest BCUT2D eigenvalue weighted by molar-refractivity contribution is 0.660. The first-order valence-corrected chi connectivity index (χ1v) is 17.4. The second-order valence-electron chi connectivity index (χ2n) is 14.6. The normalized spacial score (nSPS) is 14.4. The summed E-state index contributed by atoms with van der Waals surface area (Å²) in [4.78, 5) is 2.36. The maximum atomic E-state index is 2.46. The SMILES string of the molecule is CC1(C)c2ccccc2-c2ccc(-c3ccc(N(c4ccccc4)c4ccccc4)cc3-c3ccc4c(c3)C(C)(C)c3ccccc3-4)cc21. The van der Waals surface area contributed by atoms with E-state index in [-0.39, 0.29) is 10.8 Å². The second kappa shape index (κ2) is 10.9. The van der Waals surface area contributed by atoms with Gasteiger partial charge in [-0.25, -0.2) is 0 Å². The van der Waals surface area contributed by atoms with Gasteiger partial charge >= 0.3 is 0 Å². The van der Waals surface area contributed by atoms with Gasteiger partial charge in [0.15, 0.2) is 0 Å². The first kappa shape index (κ1) is 29.5. The summed E-state index contributed by atoms with van der Waals surface area (Å²) >= 11 is 0. The molecule has 49 heavy (non-hydrogen) atoms. The minimum absolute atomic E-state index is 0.0666. The lowest BCUT2D eigenvalue weighted by atomic mass is 9.80. The molecule has 2 aliphatic carbocycles. The van der Waals surface area contributed by atoms with Crippen molar-refractivity contribution >= 4 is 17.1 Å². The van der Waals surface area contributed by atoms with Gasteiger partial charge in [-0.05, 0) is 115 Å². The van der Waals surface area contributed by atoms with E-state index in [2.05, 4.69) is 196 Å². The van der Waals surface area contributed by atoms with Gasteiger partial charge in [0.2, 0.25) is 0 Å². The Bertz CT molecular complexity index is 2340. The highest BCUT2D eigenvalue weighted by molar-refractivity contribution is 5.93. The number of hydrogen-bond donors (Lipinski definition) is 0. The van der Waals surface area contributed by atoms with Crippen LogP contribution >= 0.6 is 0 Å². The van der Waals surface area contributed by atoms with Gasteiger partial charge in [-0.15, -0.1) is 0 Å². The van der Waals surface area contributed by atoms with Crippen molar-refractivity contribution in [1.82, 2.24) is 0 Å². The van der Waals surface area contributed by atoms with Gasteiger partial charge in [-0.1, -0.05) is 143 Å². The monoisotopic (exact) mass is 629 g/mol. The molecule has 9 rings (SSSR count). The molecule has 0 saturated heterocycles. The molecule has 0 unspecified atom stereocenters. The third kappa shape index (κ3) is 4.53. The molecular formula is C48H39N. The van der Waals surface area contributed by atoms with Crippen LogP contribution in [0, 0.1) is 0 Å². The number of benzene rings is 7. The topological polar surface area (TPSA) is 3.24 Å². The fraction of sp³-hybridized carbons (Fsp3) is 0.125. The van der Waals surface area contributed by atoms with Crippen LogP contribution in [0.15, 0.2) is 164 Å². The minimum atomic E-state index is -0.0802. The van der Waals surface area contributed by atoms with E-state index in [0.29, 0.717) is 0 Å². The highest BCUT2D eigenvalue weighted by Crippen LogP contribution is 2.52. The van der Waals surface area contributed by atoms with Crippen molar-refractivity contribution in [3.8, 4) is 44.5 Å². The van der Waals surface area contributed by atoms with Gasteiger partial charge in [0.05, 0.1) is 0 Å². The summed E-state index contributed by atoms with van der Waals surface area (Å²) in [5.74, 6) is 0. The van der Waals surface area contributed by atoms with Crippen LogP contribution in [-0.2, 0) is 10.8 Å². The number of hydrogen-bond acceptors (Lipinski definition) is 1. The molecule has 1 nitrogen and oxygen atoms in total. The molecule has 0 aromatic heterocycles. The van der Waals surface area contributed by atoms with Gasteiger partial charge in [0, 0.05) is 27.9 Å². The van der Waals surface area contributed by atoms with Crippen molar-refractivity contribution in [3.63, 3.8) is 0 Å². The van der Waals surface area contributed by atoms with Gasteiger partial charge in [-0.2, -0.15) is 0 Å². The highest BCUT2D eigenvalue weighted by atomic mass is 15.1. The zero-order chi connectivity index (χ0) is 33.3. The molecule has 7 aromatic rings. The summed E-state index contributed by atoms with van der Waals surface area (Å²) in [6.45, 7) is 9.46. The maximum Gasteiger partial charge on any atom is 0.0468 e. The van der Waals surface area contributed by atoms with Crippen LogP contribution in [0.1, 0.15) is 49.9 Å². The van der Waals surface area contributed by atoms with Gasteiger partial charge in [0.25, 0.3) is 0 Å². The Morgan fingerprint density at radius 3 is 1.22 bits per heavy atom. The van der Waals surface area contributed by atoms with E-state index in [4.69, 9.17) is 0 Å². The molecule has 7 aromatic carbocycles. The molecule has 0 radical (unpaired) electrons. The van der Waals surface area contributed by atoms with E-state index in [1.807, 2.05) is 0 Å². The second-order valence-corrected chi connectivity index (χ2v) is 14.6. The van der Waals surface area contributed by atoms with Crippen molar-refractivity contribution in [2.45, 2.75) is 38.5 Å². The first-order chi connectivity index (χ1) is 23.8. The summed E-state index contributed by atoms with van der Waals surface area (Å²) in [6.07, 6.45) is 0. The summed E-state index contributed by atoms with van der Waals surface area (Å²) < 4.78 is 0. The number of rotatable bonds is 5. The molecule has 236 valence electrons. The molecular weight excluding hydrogens is 591 g/mol. The molecule has 0 N–H and O–H groups in total. The van der Waals surface area contributed by atoms with Crippen molar-refractivity contribution < 1.29 is 0 Å². The Morgan fingerprint density at radius 2 is 0.714 bits per heavy atom. The zero-order valence-corrected chi connectivity index (χ0v) is 28.5. The van der Waals surface area contributed by atoms with Crippen LogP contribution in [0.2, 0.25) is 0 Å². The van der Waals surface area contributed by atoms with E-state index in [9.17, 15) is 0 Å². The van der Waals surface area contributed by atoms with Crippen LogP contribution < -0.4 is 4.90 Å². The molecule has 1 heteroatoms. The fourth-order valence-electron chi connectivity index (χ4n) is 8.51. The Morgan fingerprint density at radius 1 is 0.306 bits per heavy atom. The number of anilines is 3. The van der Waals surface area contributed by atoms with Crippen LogP contribution in [-0.4, -0.2) is 0 Å². The lowest BCUT2D eigenvalue weighted by Crippen LogP contribution is -2.15. The van der Waals surface area contributed by atoms with E-state index in [0.717, 1.165) is 17.1 Å². The van der Waals surface area contributed by atoms with Crippen molar-refractivity contribution in [1.29, 1.82) is 0 Å². The Hall–Kier alpha value is -5.66. The standard InChI is InChI=1S/C48H39N/c1-47(2)43-21-13-11-19-38(43)40-26-23-32(29-45(40)47)37-28-25-36(49(34-15-7-5-8-16-34)35-17-9-6-10-18-35)31-42(37)33-24-27-41-39-20-12-14-22-44(39)48(3,4)46(41)30-33/h5-31H,1-4H3. The Kier molecular flexibility index (Phi) is 6.58. The Labute approximate surface area is 290 Å². The highest BCUT2D eigenvalue weighted by Gasteiger charge is 2.37. The maximum absolute atomic E-state index is 2.46. The zero-order valence-electron chi connectivity index (χ0n) is 28.5. The van der Waals surface area contributed by atoms with Gasteiger partial charge < -0.3 is 4.90 Å². The number of nitrogens with zero attached hydrogens (tertiary/aromatic N) is 1. The van der Waals surface area contributed by atoms with Crippen molar-refractivity contribution in [2.75, 3.05) is 4.90 Å². The van der Waals surface area contributed by atoms with Crippen molar-refractivity contribution in [3.05, 3.63) is 186 Å². The summed E-state index contributed by atoms with van der Waals surface area (Å²) in [5.41, 5.74) is 19.2. The molecule has 0 bridgehead atoms. The summed E-state index contributed by atoms with van der Waals surface area (Å²) in [5, 5.41) is 0. The molecule has 0 atom stereocenters. The van der Waals surface area contributed by atoms with Crippen LogP contribution in [0.3, 0.4) is 0 Å². The predicted molar refractivity (Wildman–Crippen MR) is 207 cm³/mol. The minimum Gasteiger partial charge on any atom is -0.310 e. The molecule has 2 aliphatic rings. The van der Waals surface area contributed by atoms with E-state index in [1.165, 1.54) is 66.8 Å². The third-order valence-corrected chi connectivity index (χ3v) is 11.1. The molecule has 0 heterocycles. The van der Waals surface area contributed by atoms with Crippen LogP contribution in [0.5, 0.6) is 0 Å². The predicted octanol–water partition coefficient (Wildman–Crippen LogP) is 13.1. The van der Waals surface area contributed by atoms with E-state index in [1.54, 1.807) is 0 Å². The molecule has 0 fully saturated rings. The average molecular weight is 630 g/mol. The third-order valence-electron chi connectivity index (χ3n) is 11.1. The summed E-state index contributed by atoms with van der Waals surface area (Å²) in [7, 11) is 0. The largest absolute Gasteiger partial charge is 0.310 e. The molecule has 0 aliphatic heterocycles. The van der Waals surface area contributed by atoms with Crippen LogP contribution in [0.4, 0.5) is 17.1 Å². The molecule has 0 saturated carbocycles. The smallest absolute Gasteiger partial charge is 0.0468 e. The molecule has 0 amide bonds. The summed E-state index contributed by atoms with van der Waals surface area (Å²) in [6, 6.07) is 60.5. The number of para-hydroxylation sites is 2. The number of fused-ring (bicyclic) bond motifs is 6. The van der Waals surface area contributed by atoms with E-state index < -0.39 is 0 Å².